The number of aromatic nitrogens is 4. The van der Waals surface area contributed by atoms with Crippen molar-refractivity contribution in [3.05, 3.63) is 78.3 Å². The summed E-state index contributed by atoms with van der Waals surface area (Å²) < 4.78 is 39.4. The van der Waals surface area contributed by atoms with E-state index in [0.717, 1.165) is 23.2 Å². The monoisotopic (exact) mass is 385 g/mol. The number of pyridine rings is 1. The fourth-order valence-electron chi connectivity index (χ4n) is 2.80. The number of hydrogen-bond acceptors (Lipinski definition) is 3. The van der Waals surface area contributed by atoms with E-state index in [4.69, 9.17) is 0 Å². The van der Waals surface area contributed by atoms with Gasteiger partial charge in [0, 0.05) is 29.5 Å². The van der Waals surface area contributed by atoms with E-state index in [1.807, 2.05) is 24.3 Å². The number of alkyl halides is 3. The minimum absolute atomic E-state index is 0.192. The van der Waals surface area contributed by atoms with E-state index in [0.29, 0.717) is 11.4 Å². The number of H-pyrrole nitrogens is 1. The molecule has 0 bridgehead atoms. The number of amides is 1. The van der Waals surface area contributed by atoms with Crippen LogP contribution in [0.3, 0.4) is 0 Å². The van der Waals surface area contributed by atoms with E-state index >= 15 is 0 Å². The maximum atomic E-state index is 12.6. The predicted octanol–water partition coefficient (Wildman–Crippen LogP) is 4.08. The Kier molecular flexibility index (Phi) is 4.34. The molecule has 0 saturated carbocycles. The fraction of sp³-hybridized carbons (Fsp3) is 0.105. The standard InChI is InChI=1S/C19H14F3N5O/c20-19(21,22)12-5-6-13(23-7-12)9-27-10-17(25-11-27)18(28)26-16-8-24-15-4-2-1-3-14(15)16/h1-8,10-11,24H,9H2,(H,26,28). The molecule has 0 fully saturated rings. The van der Waals surface area contributed by atoms with Gasteiger partial charge in [0.2, 0.25) is 0 Å². The Hall–Kier alpha value is -3.62. The zero-order valence-electron chi connectivity index (χ0n) is 14.4. The van der Waals surface area contributed by atoms with Gasteiger partial charge in [-0.05, 0) is 18.2 Å². The van der Waals surface area contributed by atoms with Crippen molar-refractivity contribution >= 4 is 22.5 Å². The van der Waals surface area contributed by atoms with Gasteiger partial charge < -0.3 is 14.9 Å². The summed E-state index contributed by atoms with van der Waals surface area (Å²) in [5, 5.41) is 3.67. The molecule has 9 heteroatoms. The van der Waals surface area contributed by atoms with Crippen LogP contribution in [-0.4, -0.2) is 25.4 Å². The molecule has 0 radical (unpaired) electrons. The third-order valence-electron chi connectivity index (χ3n) is 4.20. The number of halogens is 3. The highest BCUT2D eigenvalue weighted by Gasteiger charge is 2.30. The van der Waals surface area contributed by atoms with Gasteiger partial charge in [-0.1, -0.05) is 18.2 Å². The molecule has 28 heavy (non-hydrogen) atoms. The minimum atomic E-state index is -4.42. The number of nitrogens with zero attached hydrogens (tertiary/aromatic N) is 3. The van der Waals surface area contributed by atoms with Crippen LogP contribution in [0, 0.1) is 0 Å². The van der Waals surface area contributed by atoms with E-state index in [2.05, 4.69) is 20.3 Å². The molecule has 0 aliphatic heterocycles. The molecule has 4 aromatic rings. The Bertz CT molecular complexity index is 1130. The van der Waals surface area contributed by atoms with Gasteiger partial charge in [0.1, 0.15) is 5.69 Å². The van der Waals surface area contributed by atoms with Gasteiger partial charge >= 0.3 is 6.18 Å². The Labute approximate surface area is 157 Å². The first-order valence-electron chi connectivity index (χ1n) is 8.31. The van der Waals surface area contributed by atoms with Crippen LogP contribution in [0.5, 0.6) is 0 Å². The van der Waals surface area contributed by atoms with Gasteiger partial charge in [0.05, 0.1) is 29.8 Å². The van der Waals surface area contributed by atoms with Crippen molar-refractivity contribution in [2.75, 3.05) is 5.32 Å². The van der Waals surface area contributed by atoms with E-state index < -0.39 is 11.7 Å². The molecule has 6 nitrogen and oxygen atoms in total. The number of fused-ring (bicyclic) bond motifs is 1. The molecule has 0 saturated heterocycles. The first-order valence-corrected chi connectivity index (χ1v) is 8.31. The number of carbonyl (C=O) groups excluding carboxylic acids is 1. The second-order valence-corrected chi connectivity index (χ2v) is 6.17. The molecule has 0 aliphatic rings. The van der Waals surface area contributed by atoms with Crippen LogP contribution in [0.15, 0.2) is 61.3 Å². The molecule has 1 aromatic carbocycles. The number of imidazole rings is 1. The zero-order valence-corrected chi connectivity index (χ0v) is 14.4. The third kappa shape index (κ3) is 3.59. The highest BCUT2D eigenvalue weighted by molar-refractivity contribution is 6.07. The molecule has 2 N–H and O–H groups in total. The number of nitrogens with one attached hydrogen (secondary N) is 2. The molecular weight excluding hydrogens is 371 g/mol. The van der Waals surface area contributed by atoms with Crippen LogP contribution in [0.1, 0.15) is 21.7 Å². The summed E-state index contributed by atoms with van der Waals surface area (Å²) in [5.41, 5.74) is 1.35. The van der Waals surface area contributed by atoms with Gasteiger partial charge in [-0.15, -0.1) is 0 Å². The molecule has 0 unspecified atom stereocenters. The van der Waals surface area contributed by atoms with E-state index in [9.17, 15) is 18.0 Å². The summed E-state index contributed by atoms with van der Waals surface area (Å²) in [6.07, 6.45) is 1.02. The van der Waals surface area contributed by atoms with Crippen molar-refractivity contribution < 1.29 is 18.0 Å². The van der Waals surface area contributed by atoms with Crippen LogP contribution in [0.4, 0.5) is 18.9 Å². The molecule has 0 aliphatic carbocycles. The summed E-state index contributed by atoms with van der Waals surface area (Å²) in [7, 11) is 0. The van der Waals surface area contributed by atoms with Gasteiger partial charge in [-0.25, -0.2) is 4.98 Å². The van der Waals surface area contributed by atoms with Crippen LogP contribution in [-0.2, 0) is 12.7 Å². The van der Waals surface area contributed by atoms with Crippen molar-refractivity contribution in [1.82, 2.24) is 19.5 Å². The summed E-state index contributed by atoms with van der Waals surface area (Å²) >= 11 is 0. The van der Waals surface area contributed by atoms with Crippen molar-refractivity contribution in [3.8, 4) is 0 Å². The maximum Gasteiger partial charge on any atom is 0.417 e. The minimum Gasteiger partial charge on any atom is -0.359 e. The smallest absolute Gasteiger partial charge is 0.359 e. The first-order chi connectivity index (χ1) is 13.4. The molecule has 3 aromatic heterocycles. The topological polar surface area (TPSA) is 75.6 Å². The van der Waals surface area contributed by atoms with Crippen molar-refractivity contribution in [3.63, 3.8) is 0 Å². The average molecular weight is 385 g/mol. The molecule has 4 rings (SSSR count). The zero-order chi connectivity index (χ0) is 19.7. The SMILES string of the molecule is O=C(Nc1c[nH]c2ccccc12)c1cn(Cc2ccc(C(F)(F)F)cn2)cn1. The van der Waals surface area contributed by atoms with Crippen LogP contribution in [0.2, 0.25) is 0 Å². The second-order valence-electron chi connectivity index (χ2n) is 6.17. The lowest BCUT2D eigenvalue weighted by atomic mass is 10.2. The molecule has 1 amide bonds. The van der Waals surface area contributed by atoms with Crippen molar-refractivity contribution in [2.24, 2.45) is 0 Å². The normalized spacial score (nSPS) is 11.7. The highest BCUT2D eigenvalue weighted by atomic mass is 19.4. The molecule has 3 heterocycles. The number of rotatable bonds is 4. The van der Waals surface area contributed by atoms with Gasteiger partial charge in [-0.2, -0.15) is 13.2 Å². The largest absolute Gasteiger partial charge is 0.417 e. The number of carbonyl (C=O) groups is 1. The summed E-state index contributed by atoms with van der Waals surface area (Å²) in [4.78, 5) is 23.4. The average Bonchev–Trinajstić information content (AvgIpc) is 3.29. The third-order valence-corrected chi connectivity index (χ3v) is 4.20. The quantitative estimate of drug-likeness (QED) is 0.556. The van der Waals surface area contributed by atoms with Crippen LogP contribution < -0.4 is 5.32 Å². The van der Waals surface area contributed by atoms with E-state index in [1.54, 1.807) is 10.8 Å². The lowest BCUT2D eigenvalue weighted by Gasteiger charge is -2.07. The molecule has 142 valence electrons. The van der Waals surface area contributed by atoms with Crippen LogP contribution >= 0.6 is 0 Å². The Morgan fingerprint density at radius 1 is 1.14 bits per heavy atom. The lowest BCUT2D eigenvalue weighted by Crippen LogP contribution is -2.12. The van der Waals surface area contributed by atoms with Crippen molar-refractivity contribution in [2.45, 2.75) is 12.7 Å². The number of para-hydroxylation sites is 1. The first kappa shape index (κ1) is 17.8. The number of aromatic amines is 1. The van der Waals surface area contributed by atoms with Crippen LogP contribution in [0.25, 0.3) is 10.9 Å². The summed E-state index contributed by atoms with van der Waals surface area (Å²) in [6, 6.07) is 9.82. The maximum absolute atomic E-state index is 12.6. The van der Waals surface area contributed by atoms with E-state index in [1.165, 1.54) is 18.6 Å². The molecular formula is C19H14F3N5O. The number of hydrogen-bond donors (Lipinski definition) is 2. The van der Waals surface area contributed by atoms with Gasteiger partial charge in [-0.3, -0.25) is 9.78 Å². The highest BCUT2D eigenvalue weighted by Crippen LogP contribution is 2.28. The number of benzene rings is 1. The lowest BCUT2D eigenvalue weighted by molar-refractivity contribution is -0.137. The van der Waals surface area contributed by atoms with Gasteiger partial charge in [0.15, 0.2) is 0 Å². The Morgan fingerprint density at radius 3 is 2.71 bits per heavy atom. The fourth-order valence-corrected chi connectivity index (χ4v) is 2.80. The summed E-state index contributed by atoms with van der Waals surface area (Å²) in [6.45, 7) is 0.200. The Balaban J connectivity index is 1.46. The van der Waals surface area contributed by atoms with Crippen molar-refractivity contribution in [1.29, 1.82) is 0 Å². The second kappa shape index (κ2) is 6.84. The number of anilines is 1. The Morgan fingerprint density at radius 2 is 1.96 bits per heavy atom. The van der Waals surface area contributed by atoms with Gasteiger partial charge in [0.25, 0.3) is 5.91 Å². The molecule has 0 spiro atoms. The summed E-state index contributed by atoms with van der Waals surface area (Å²) in [5.74, 6) is -0.385. The molecule has 0 atom stereocenters. The van der Waals surface area contributed by atoms with E-state index in [-0.39, 0.29) is 18.1 Å². The predicted molar refractivity (Wildman–Crippen MR) is 96.8 cm³/mol.